The van der Waals surface area contributed by atoms with E-state index in [9.17, 15) is 5.11 Å². The van der Waals surface area contributed by atoms with Crippen LogP contribution in [0.25, 0.3) is 10.8 Å². The minimum Gasteiger partial charge on any atom is -0.507 e. The summed E-state index contributed by atoms with van der Waals surface area (Å²) in [5.74, 6) is 0.262. The molecule has 0 aliphatic carbocycles. The Bertz CT molecular complexity index is 468. The molecule has 0 amide bonds. The lowest BCUT2D eigenvalue weighted by molar-refractivity contribution is 0.473. The van der Waals surface area contributed by atoms with E-state index in [4.69, 9.17) is 0 Å². The van der Waals surface area contributed by atoms with Gasteiger partial charge in [-0.15, -0.1) is 0 Å². The lowest BCUT2D eigenvalue weighted by atomic mass is 10.1. The summed E-state index contributed by atoms with van der Waals surface area (Å²) in [6, 6.07) is 5.50. The van der Waals surface area contributed by atoms with Gasteiger partial charge in [0.05, 0.1) is 4.47 Å². The van der Waals surface area contributed by atoms with Crippen LogP contribution >= 0.6 is 15.9 Å². The van der Waals surface area contributed by atoms with Crippen LogP contribution in [0.1, 0.15) is 5.69 Å². The molecule has 1 aromatic carbocycles. The number of rotatable bonds is 0. The van der Waals surface area contributed by atoms with Gasteiger partial charge in [-0.25, -0.2) is 0 Å². The van der Waals surface area contributed by atoms with E-state index in [0.717, 1.165) is 16.5 Å². The summed E-state index contributed by atoms with van der Waals surface area (Å²) in [6.45, 7) is 1.95. The largest absolute Gasteiger partial charge is 0.507 e. The number of hydrogen-bond acceptors (Lipinski definition) is 2. The fourth-order valence-corrected chi connectivity index (χ4v) is 1.67. The van der Waals surface area contributed by atoms with Crippen molar-refractivity contribution in [2.45, 2.75) is 6.92 Å². The van der Waals surface area contributed by atoms with E-state index in [1.165, 1.54) is 0 Å². The van der Waals surface area contributed by atoms with Gasteiger partial charge in [0.15, 0.2) is 0 Å². The zero-order valence-electron chi connectivity index (χ0n) is 7.08. The number of halogens is 1. The number of nitrogens with zero attached hydrogens (tertiary/aromatic N) is 1. The van der Waals surface area contributed by atoms with E-state index in [-0.39, 0.29) is 5.75 Å². The van der Waals surface area contributed by atoms with Crippen molar-refractivity contribution in [2.75, 3.05) is 0 Å². The summed E-state index contributed by atoms with van der Waals surface area (Å²) in [6.07, 6.45) is 1.74. The zero-order valence-corrected chi connectivity index (χ0v) is 8.67. The molecule has 0 atom stereocenters. The molecule has 0 saturated heterocycles. The molecule has 66 valence electrons. The molecule has 1 heterocycles. The van der Waals surface area contributed by atoms with Crippen LogP contribution in [0.2, 0.25) is 0 Å². The molecule has 0 fully saturated rings. The van der Waals surface area contributed by atoms with E-state index in [1.54, 1.807) is 12.3 Å². The van der Waals surface area contributed by atoms with Crippen molar-refractivity contribution in [3.8, 4) is 5.75 Å². The molecule has 2 rings (SSSR count). The quantitative estimate of drug-likeness (QED) is 0.765. The predicted octanol–water partition coefficient (Wildman–Crippen LogP) is 3.01. The first-order valence-corrected chi connectivity index (χ1v) is 4.71. The maximum Gasteiger partial charge on any atom is 0.130 e. The summed E-state index contributed by atoms with van der Waals surface area (Å²) in [7, 11) is 0. The van der Waals surface area contributed by atoms with E-state index < -0.39 is 0 Å². The normalized spacial score (nSPS) is 10.6. The van der Waals surface area contributed by atoms with Crippen LogP contribution in [0.3, 0.4) is 0 Å². The van der Waals surface area contributed by atoms with Crippen molar-refractivity contribution in [2.24, 2.45) is 0 Å². The highest BCUT2D eigenvalue weighted by atomic mass is 79.9. The van der Waals surface area contributed by atoms with Crippen molar-refractivity contribution in [3.63, 3.8) is 0 Å². The molecule has 13 heavy (non-hydrogen) atoms. The van der Waals surface area contributed by atoms with Crippen molar-refractivity contribution in [1.82, 2.24) is 4.98 Å². The summed E-state index contributed by atoms with van der Waals surface area (Å²) in [4.78, 5) is 4.18. The Morgan fingerprint density at radius 1 is 1.38 bits per heavy atom. The van der Waals surface area contributed by atoms with Gasteiger partial charge in [0.2, 0.25) is 0 Å². The topological polar surface area (TPSA) is 33.1 Å². The molecule has 0 aliphatic heterocycles. The van der Waals surface area contributed by atoms with Crippen LogP contribution in [-0.2, 0) is 0 Å². The number of aromatic hydroxyl groups is 1. The maximum atomic E-state index is 9.44. The van der Waals surface area contributed by atoms with Gasteiger partial charge in [0.1, 0.15) is 5.75 Å². The van der Waals surface area contributed by atoms with Crippen molar-refractivity contribution in [1.29, 1.82) is 0 Å². The lowest BCUT2D eigenvalue weighted by Gasteiger charge is -2.03. The Labute approximate surface area is 84.4 Å². The van der Waals surface area contributed by atoms with Gasteiger partial charge >= 0.3 is 0 Å². The van der Waals surface area contributed by atoms with Crippen molar-refractivity contribution < 1.29 is 5.11 Å². The fourth-order valence-electron chi connectivity index (χ4n) is 1.33. The molecular weight excluding hydrogens is 230 g/mol. The number of aromatic nitrogens is 1. The molecule has 0 aliphatic rings. The summed E-state index contributed by atoms with van der Waals surface area (Å²) < 4.78 is 0.705. The van der Waals surface area contributed by atoms with Crippen molar-refractivity contribution in [3.05, 3.63) is 34.6 Å². The number of pyridine rings is 1. The number of phenols is 1. The number of aryl methyl sites for hydroxylation is 1. The molecule has 1 aromatic heterocycles. The average Bonchev–Trinajstić information content (AvgIpc) is 2.09. The third kappa shape index (κ3) is 1.40. The monoisotopic (exact) mass is 237 g/mol. The summed E-state index contributed by atoms with van der Waals surface area (Å²) >= 11 is 3.27. The van der Waals surface area contributed by atoms with E-state index >= 15 is 0 Å². The van der Waals surface area contributed by atoms with Gasteiger partial charge in [0.25, 0.3) is 0 Å². The number of phenolic OH excluding ortho intramolecular Hbond substituents is 1. The van der Waals surface area contributed by atoms with Crippen molar-refractivity contribution >= 4 is 26.7 Å². The Balaban J connectivity index is 2.89. The van der Waals surface area contributed by atoms with Crippen LogP contribution in [0.15, 0.2) is 28.9 Å². The third-order valence-corrected chi connectivity index (χ3v) is 2.67. The van der Waals surface area contributed by atoms with E-state index in [0.29, 0.717) is 4.47 Å². The molecular formula is C10H8BrNO. The second kappa shape index (κ2) is 3.00. The van der Waals surface area contributed by atoms with Gasteiger partial charge in [-0.3, -0.25) is 4.98 Å². The minimum atomic E-state index is 0.262. The summed E-state index contributed by atoms with van der Waals surface area (Å²) in [5, 5.41) is 11.5. The molecule has 0 saturated carbocycles. The van der Waals surface area contributed by atoms with Gasteiger partial charge in [-0.2, -0.15) is 0 Å². The highest BCUT2D eigenvalue weighted by Gasteiger charge is 2.02. The first-order chi connectivity index (χ1) is 6.18. The molecule has 0 bridgehead atoms. The Morgan fingerprint density at radius 2 is 2.15 bits per heavy atom. The molecule has 3 heteroatoms. The van der Waals surface area contributed by atoms with Crippen LogP contribution in [0.5, 0.6) is 5.75 Å². The fraction of sp³-hybridized carbons (Fsp3) is 0.100. The van der Waals surface area contributed by atoms with Crippen LogP contribution in [-0.4, -0.2) is 10.1 Å². The molecule has 0 radical (unpaired) electrons. The predicted molar refractivity (Wildman–Crippen MR) is 55.8 cm³/mol. The minimum absolute atomic E-state index is 0.262. The molecule has 1 N–H and O–H groups in total. The van der Waals surface area contributed by atoms with E-state index in [1.807, 2.05) is 19.1 Å². The average molecular weight is 238 g/mol. The molecule has 2 aromatic rings. The molecule has 2 nitrogen and oxygen atoms in total. The molecule has 0 unspecified atom stereocenters. The van der Waals surface area contributed by atoms with Gasteiger partial charge in [-0.1, -0.05) is 0 Å². The first kappa shape index (κ1) is 8.51. The number of hydrogen-bond donors (Lipinski definition) is 1. The second-order valence-electron chi connectivity index (χ2n) is 2.92. The maximum absolute atomic E-state index is 9.44. The summed E-state index contributed by atoms with van der Waals surface area (Å²) in [5.41, 5.74) is 0.971. The highest BCUT2D eigenvalue weighted by molar-refractivity contribution is 9.10. The standard InChI is InChI=1S/C10H8BrNO/c1-6-8-5-9(11)10(13)4-7(8)2-3-12-6/h2-5,13H,1H3. The van der Waals surface area contributed by atoms with Gasteiger partial charge < -0.3 is 5.11 Å². The zero-order chi connectivity index (χ0) is 9.42. The lowest BCUT2D eigenvalue weighted by Crippen LogP contribution is -1.83. The SMILES string of the molecule is Cc1nccc2cc(O)c(Br)cc12. The third-order valence-electron chi connectivity index (χ3n) is 2.03. The van der Waals surface area contributed by atoms with Crippen LogP contribution in [0, 0.1) is 6.92 Å². The Hall–Kier alpha value is -1.09. The number of fused-ring (bicyclic) bond motifs is 1. The number of benzene rings is 1. The van der Waals surface area contributed by atoms with E-state index in [2.05, 4.69) is 20.9 Å². The first-order valence-electron chi connectivity index (χ1n) is 3.92. The van der Waals surface area contributed by atoms with Gasteiger partial charge in [0, 0.05) is 17.3 Å². The highest BCUT2D eigenvalue weighted by Crippen LogP contribution is 2.29. The van der Waals surface area contributed by atoms with Gasteiger partial charge in [-0.05, 0) is 46.4 Å². The van der Waals surface area contributed by atoms with Crippen LogP contribution < -0.4 is 0 Å². The smallest absolute Gasteiger partial charge is 0.130 e. The second-order valence-corrected chi connectivity index (χ2v) is 3.78. The Morgan fingerprint density at radius 3 is 2.92 bits per heavy atom. The Kier molecular flexibility index (Phi) is 1.96. The molecule has 0 spiro atoms. The van der Waals surface area contributed by atoms with Crippen LogP contribution in [0.4, 0.5) is 0 Å².